The Morgan fingerprint density at radius 2 is 1.76 bits per heavy atom. The highest BCUT2D eigenvalue weighted by Crippen LogP contribution is 2.21. The van der Waals surface area contributed by atoms with Crippen molar-refractivity contribution in [2.75, 3.05) is 23.7 Å². The van der Waals surface area contributed by atoms with Crippen molar-refractivity contribution in [3.05, 3.63) is 59.7 Å². The van der Waals surface area contributed by atoms with Gasteiger partial charge < -0.3 is 20.9 Å². The number of nitrogens with one attached hydrogen (secondary N) is 3. The van der Waals surface area contributed by atoms with Crippen molar-refractivity contribution < 1.29 is 14.4 Å². The maximum absolute atomic E-state index is 12.8. The zero-order valence-corrected chi connectivity index (χ0v) is 19.9. The predicted molar refractivity (Wildman–Crippen MR) is 131 cm³/mol. The Kier molecular flexibility index (Phi) is 7.74. The Hall–Kier alpha value is -3.35. The fraction of sp³-hybridized carbons (Fsp3) is 0.423. The lowest BCUT2D eigenvalue weighted by atomic mass is 9.97. The Morgan fingerprint density at radius 3 is 2.42 bits per heavy atom. The van der Waals surface area contributed by atoms with Crippen molar-refractivity contribution in [2.45, 2.75) is 52.5 Å². The van der Waals surface area contributed by atoms with Gasteiger partial charge >= 0.3 is 6.03 Å². The second-order valence-corrected chi connectivity index (χ2v) is 9.34. The minimum Gasteiger partial charge on any atom is -0.347 e. The monoisotopic (exact) mass is 450 g/mol. The zero-order chi connectivity index (χ0) is 24.0. The summed E-state index contributed by atoms with van der Waals surface area (Å²) in [4.78, 5) is 39.6. The summed E-state index contributed by atoms with van der Waals surface area (Å²) < 4.78 is 0. The molecule has 1 aliphatic heterocycles. The number of hydrogen-bond acceptors (Lipinski definition) is 3. The number of carbonyl (C=O) groups is 3. The van der Waals surface area contributed by atoms with E-state index in [2.05, 4.69) is 16.0 Å². The molecule has 0 spiro atoms. The Morgan fingerprint density at radius 1 is 1.03 bits per heavy atom. The Labute approximate surface area is 195 Å². The first kappa shape index (κ1) is 24.3. The van der Waals surface area contributed by atoms with Crippen LogP contribution in [-0.4, -0.2) is 41.4 Å². The van der Waals surface area contributed by atoms with E-state index in [9.17, 15) is 14.4 Å². The molecule has 7 heteroatoms. The SMILES string of the molecule is CCC(C)(C)NC(=O)c1ccc(NC(=O)C2CCCN(C(=O)Nc3cccc(C)c3)C2)cc1. The molecule has 0 aromatic heterocycles. The van der Waals surface area contributed by atoms with Gasteiger partial charge in [-0.05, 0) is 82.0 Å². The van der Waals surface area contributed by atoms with Crippen LogP contribution in [0.3, 0.4) is 0 Å². The van der Waals surface area contributed by atoms with Crippen LogP contribution < -0.4 is 16.0 Å². The maximum atomic E-state index is 12.8. The van der Waals surface area contributed by atoms with E-state index in [0.717, 1.165) is 30.5 Å². The van der Waals surface area contributed by atoms with Crippen LogP contribution in [0.5, 0.6) is 0 Å². The highest BCUT2D eigenvalue weighted by Gasteiger charge is 2.28. The molecule has 0 bridgehead atoms. The third kappa shape index (κ3) is 6.81. The second-order valence-electron chi connectivity index (χ2n) is 9.34. The Balaban J connectivity index is 1.55. The molecule has 0 saturated carbocycles. The van der Waals surface area contributed by atoms with Crippen molar-refractivity contribution in [3.8, 4) is 0 Å². The van der Waals surface area contributed by atoms with E-state index >= 15 is 0 Å². The van der Waals surface area contributed by atoms with Crippen molar-refractivity contribution >= 4 is 29.2 Å². The number of amides is 4. The molecule has 3 rings (SSSR count). The number of nitrogens with zero attached hydrogens (tertiary/aromatic N) is 1. The number of rotatable bonds is 6. The van der Waals surface area contributed by atoms with Gasteiger partial charge in [0.15, 0.2) is 0 Å². The topological polar surface area (TPSA) is 90.5 Å². The molecule has 0 radical (unpaired) electrons. The van der Waals surface area contributed by atoms with Crippen LogP contribution in [0.15, 0.2) is 48.5 Å². The van der Waals surface area contributed by atoms with Crippen molar-refractivity contribution in [1.29, 1.82) is 0 Å². The van der Waals surface area contributed by atoms with E-state index in [1.165, 1.54) is 0 Å². The number of benzene rings is 2. The smallest absolute Gasteiger partial charge is 0.321 e. The number of piperidine rings is 1. The van der Waals surface area contributed by atoms with Crippen LogP contribution in [0.25, 0.3) is 0 Å². The number of likely N-dealkylation sites (tertiary alicyclic amines) is 1. The summed E-state index contributed by atoms with van der Waals surface area (Å²) in [7, 11) is 0. The van der Waals surface area contributed by atoms with Gasteiger partial charge in [-0.25, -0.2) is 4.79 Å². The molecule has 2 aromatic carbocycles. The van der Waals surface area contributed by atoms with Crippen LogP contribution >= 0.6 is 0 Å². The van der Waals surface area contributed by atoms with E-state index in [1.807, 2.05) is 52.0 Å². The summed E-state index contributed by atoms with van der Waals surface area (Å²) in [5, 5.41) is 8.84. The standard InChI is InChI=1S/C26H34N4O3/c1-5-26(3,4)29-24(32)19-11-13-21(14-12-19)27-23(31)20-9-7-15-30(17-20)25(33)28-22-10-6-8-18(2)16-22/h6,8,10-14,16,20H,5,7,9,15,17H2,1-4H3,(H,27,31)(H,28,33)(H,29,32). The highest BCUT2D eigenvalue weighted by atomic mass is 16.2. The summed E-state index contributed by atoms with van der Waals surface area (Å²) in [5.74, 6) is -0.537. The lowest BCUT2D eigenvalue weighted by molar-refractivity contribution is -0.121. The van der Waals surface area contributed by atoms with Crippen LogP contribution in [0, 0.1) is 12.8 Å². The third-order valence-electron chi connectivity index (χ3n) is 6.10. The number of aryl methyl sites for hydroxylation is 1. The molecule has 3 N–H and O–H groups in total. The first-order valence-electron chi connectivity index (χ1n) is 11.5. The zero-order valence-electron chi connectivity index (χ0n) is 19.9. The van der Waals surface area contributed by atoms with Crippen LogP contribution in [0.4, 0.5) is 16.2 Å². The van der Waals surface area contributed by atoms with Gasteiger partial charge in [-0.3, -0.25) is 9.59 Å². The fourth-order valence-corrected chi connectivity index (χ4v) is 3.72. The van der Waals surface area contributed by atoms with Crippen LogP contribution in [0.2, 0.25) is 0 Å². The minimum atomic E-state index is -0.282. The molecule has 0 aliphatic carbocycles. The van der Waals surface area contributed by atoms with Gasteiger partial charge in [-0.15, -0.1) is 0 Å². The minimum absolute atomic E-state index is 0.118. The molecule has 7 nitrogen and oxygen atoms in total. The molecule has 1 aliphatic rings. The molecule has 1 saturated heterocycles. The molecule has 176 valence electrons. The molecule has 1 heterocycles. The number of urea groups is 1. The predicted octanol–water partition coefficient (Wildman–Crippen LogP) is 4.80. The lowest BCUT2D eigenvalue weighted by Crippen LogP contribution is -2.45. The molecular weight excluding hydrogens is 416 g/mol. The highest BCUT2D eigenvalue weighted by molar-refractivity contribution is 5.97. The quantitative estimate of drug-likeness (QED) is 0.591. The molecule has 33 heavy (non-hydrogen) atoms. The average Bonchev–Trinajstić information content (AvgIpc) is 2.79. The van der Waals surface area contributed by atoms with E-state index in [-0.39, 0.29) is 29.3 Å². The number of anilines is 2. The van der Waals surface area contributed by atoms with Crippen molar-refractivity contribution in [3.63, 3.8) is 0 Å². The first-order chi connectivity index (χ1) is 15.7. The van der Waals surface area contributed by atoms with E-state index in [0.29, 0.717) is 24.3 Å². The van der Waals surface area contributed by atoms with Gasteiger partial charge in [-0.2, -0.15) is 0 Å². The summed E-state index contributed by atoms with van der Waals surface area (Å²) in [6.45, 7) is 8.96. The second kappa shape index (κ2) is 10.5. The van der Waals surface area contributed by atoms with E-state index in [1.54, 1.807) is 29.2 Å². The molecule has 1 fully saturated rings. The van der Waals surface area contributed by atoms with Crippen molar-refractivity contribution in [1.82, 2.24) is 10.2 Å². The molecule has 1 atom stereocenters. The van der Waals surface area contributed by atoms with Crippen LogP contribution in [0.1, 0.15) is 56.0 Å². The summed E-state index contributed by atoms with van der Waals surface area (Å²) in [5.41, 5.74) is 2.72. The molecular formula is C26H34N4O3. The summed E-state index contributed by atoms with van der Waals surface area (Å²) in [6.07, 6.45) is 2.33. The Bertz CT molecular complexity index is 1000. The largest absolute Gasteiger partial charge is 0.347 e. The van der Waals surface area contributed by atoms with Gasteiger partial charge in [-0.1, -0.05) is 19.1 Å². The number of hydrogen-bond donors (Lipinski definition) is 3. The lowest BCUT2D eigenvalue weighted by Gasteiger charge is -2.32. The van der Waals surface area contributed by atoms with Gasteiger partial charge in [0.25, 0.3) is 5.91 Å². The molecule has 4 amide bonds. The maximum Gasteiger partial charge on any atom is 0.321 e. The van der Waals surface area contributed by atoms with Crippen LogP contribution in [-0.2, 0) is 4.79 Å². The van der Waals surface area contributed by atoms with Gasteiger partial charge in [0.2, 0.25) is 5.91 Å². The van der Waals surface area contributed by atoms with Gasteiger partial charge in [0, 0.05) is 35.6 Å². The molecule has 1 unspecified atom stereocenters. The fourth-order valence-electron chi connectivity index (χ4n) is 3.72. The summed E-state index contributed by atoms with van der Waals surface area (Å²) >= 11 is 0. The normalized spacial score (nSPS) is 16.1. The number of carbonyl (C=O) groups excluding carboxylic acids is 3. The van der Waals surface area contributed by atoms with Crippen molar-refractivity contribution in [2.24, 2.45) is 5.92 Å². The summed E-state index contributed by atoms with van der Waals surface area (Å²) in [6, 6.07) is 14.3. The van der Waals surface area contributed by atoms with E-state index in [4.69, 9.17) is 0 Å². The van der Waals surface area contributed by atoms with Gasteiger partial charge in [0.05, 0.1) is 5.92 Å². The van der Waals surface area contributed by atoms with Gasteiger partial charge in [0.1, 0.15) is 0 Å². The first-order valence-corrected chi connectivity index (χ1v) is 11.5. The average molecular weight is 451 g/mol. The third-order valence-corrected chi connectivity index (χ3v) is 6.10. The molecule has 2 aromatic rings. The van der Waals surface area contributed by atoms with E-state index < -0.39 is 0 Å².